The van der Waals surface area contributed by atoms with Crippen molar-refractivity contribution in [3.8, 4) is 11.3 Å². The maximum absolute atomic E-state index is 4.94. The molecule has 2 rings (SSSR count). The Morgan fingerprint density at radius 1 is 1.10 bits per heavy atom. The van der Waals surface area contributed by atoms with E-state index in [9.17, 15) is 0 Å². The molecule has 0 bridgehead atoms. The minimum atomic E-state index is 0.114. The summed E-state index contributed by atoms with van der Waals surface area (Å²) in [5.41, 5.74) is 2.52. The quantitative estimate of drug-likeness (QED) is 0.786. The van der Waals surface area contributed by atoms with Crippen molar-refractivity contribution < 1.29 is 0 Å². The van der Waals surface area contributed by atoms with Gasteiger partial charge in [-0.3, -0.25) is 0 Å². The molecule has 3 heteroatoms. The van der Waals surface area contributed by atoms with E-state index in [4.69, 9.17) is 4.98 Å². The maximum atomic E-state index is 4.94. The zero-order valence-electron chi connectivity index (χ0n) is 13.6. The molecule has 0 saturated carbocycles. The van der Waals surface area contributed by atoms with E-state index in [1.165, 1.54) is 27.6 Å². The fourth-order valence-electron chi connectivity index (χ4n) is 2.17. The van der Waals surface area contributed by atoms with Crippen molar-refractivity contribution in [1.82, 2.24) is 10.3 Å². The van der Waals surface area contributed by atoms with Crippen molar-refractivity contribution in [2.24, 2.45) is 0 Å². The summed E-state index contributed by atoms with van der Waals surface area (Å²) >= 11 is 1.87. The van der Waals surface area contributed by atoms with Crippen molar-refractivity contribution in [2.45, 2.75) is 46.0 Å². The van der Waals surface area contributed by atoms with Crippen LogP contribution >= 0.6 is 11.3 Å². The molecule has 1 aromatic carbocycles. The molecular weight excluding hydrogens is 276 g/mol. The third-order valence-corrected chi connectivity index (χ3v) is 4.88. The SMILES string of the molecule is CCCNCCc1sc(C(C)(C)C)nc1-c1ccccc1. The Labute approximate surface area is 132 Å². The molecule has 0 saturated heterocycles. The predicted octanol–water partition coefficient (Wildman–Crippen LogP) is 4.65. The topological polar surface area (TPSA) is 24.9 Å². The van der Waals surface area contributed by atoms with E-state index in [0.29, 0.717) is 0 Å². The van der Waals surface area contributed by atoms with Gasteiger partial charge < -0.3 is 5.32 Å². The Hall–Kier alpha value is -1.19. The van der Waals surface area contributed by atoms with Gasteiger partial charge in [-0.25, -0.2) is 4.98 Å². The van der Waals surface area contributed by atoms with Crippen molar-refractivity contribution in [3.63, 3.8) is 0 Å². The van der Waals surface area contributed by atoms with Gasteiger partial charge in [0.05, 0.1) is 10.7 Å². The molecule has 2 aromatic rings. The third kappa shape index (κ3) is 4.39. The second kappa shape index (κ2) is 7.19. The molecule has 1 heterocycles. The molecule has 0 aliphatic heterocycles. The van der Waals surface area contributed by atoms with Gasteiger partial charge in [-0.15, -0.1) is 11.3 Å². The highest BCUT2D eigenvalue weighted by molar-refractivity contribution is 7.12. The summed E-state index contributed by atoms with van der Waals surface area (Å²) in [6.45, 7) is 11.0. The van der Waals surface area contributed by atoms with E-state index in [-0.39, 0.29) is 5.41 Å². The summed E-state index contributed by atoms with van der Waals surface area (Å²) < 4.78 is 0. The fourth-order valence-corrected chi connectivity index (χ4v) is 3.31. The van der Waals surface area contributed by atoms with Crippen LogP contribution in [-0.2, 0) is 11.8 Å². The van der Waals surface area contributed by atoms with E-state index in [1.807, 2.05) is 11.3 Å². The van der Waals surface area contributed by atoms with Crippen LogP contribution in [0.25, 0.3) is 11.3 Å². The van der Waals surface area contributed by atoms with Crippen LogP contribution in [0.15, 0.2) is 30.3 Å². The Kier molecular flexibility index (Phi) is 5.54. The molecule has 21 heavy (non-hydrogen) atoms. The minimum absolute atomic E-state index is 0.114. The zero-order valence-corrected chi connectivity index (χ0v) is 14.4. The van der Waals surface area contributed by atoms with Crippen LogP contribution in [-0.4, -0.2) is 18.1 Å². The number of hydrogen-bond acceptors (Lipinski definition) is 3. The van der Waals surface area contributed by atoms with Gasteiger partial charge in [0.2, 0.25) is 0 Å². The normalized spacial score (nSPS) is 11.8. The molecule has 0 fully saturated rings. The van der Waals surface area contributed by atoms with Gasteiger partial charge >= 0.3 is 0 Å². The van der Waals surface area contributed by atoms with Gasteiger partial charge in [-0.1, -0.05) is 58.0 Å². The van der Waals surface area contributed by atoms with Crippen molar-refractivity contribution in [1.29, 1.82) is 0 Å². The Morgan fingerprint density at radius 2 is 1.81 bits per heavy atom. The molecule has 0 aliphatic carbocycles. The van der Waals surface area contributed by atoms with Gasteiger partial charge in [-0.05, 0) is 19.4 Å². The molecule has 0 spiro atoms. The van der Waals surface area contributed by atoms with Crippen LogP contribution < -0.4 is 5.32 Å². The van der Waals surface area contributed by atoms with Crippen molar-refractivity contribution in [2.75, 3.05) is 13.1 Å². The highest BCUT2D eigenvalue weighted by atomic mass is 32.1. The number of nitrogens with zero attached hydrogens (tertiary/aromatic N) is 1. The van der Waals surface area contributed by atoms with E-state index >= 15 is 0 Å². The van der Waals surface area contributed by atoms with E-state index in [1.54, 1.807) is 0 Å². The van der Waals surface area contributed by atoms with E-state index in [2.05, 4.69) is 63.3 Å². The average Bonchev–Trinajstić information content (AvgIpc) is 2.89. The highest BCUT2D eigenvalue weighted by Crippen LogP contribution is 2.34. The Bertz CT molecular complexity index is 552. The molecule has 0 aliphatic rings. The van der Waals surface area contributed by atoms with Gasteiger partial charge in [0.15, 0.2) is 0 Å². The van der Waals surface area contributed by atoms with Crippen LogP contribution in [0.1, 0.15) is 44.0 Å². The number of nitrogens with one attached hydrogen (secondary N) is 1. The van der Waals surface area contributed by atoms with Gasteiger partial charge in [0, 0.05) is 22.4 Å². The summed E-state index contributed by atoms with van der Waals surface area (Å²) in [5, 5.41) is 4.72. The fraction of sp³-hybridized carbons (Fsp3) is 0.500. The number of rotatable bonds is 6. The van der Waals surface area contributed by atoms with Crippen LogP contribution in [0.3, 0.4) is 0 Å². The predicted molar refractivity (Wildman–Crippen MR) is 93.1 cm³/mol. The molecule has 0 unspecified atom stereocenters. The number of thiazole rings is 1. The first-order chi connectivity index (χ1) is 10.0. The summed E-state index contributed by atoms with van der Waals surface area (Å²) in [5.74, 6) is 0. The molecule has 0 amide bonds. The molecule has 2 nitrogen and oxygen atoms in total. The Morgan fingerprint density at radius 3 is 2.43 bits per heavy atom. The number of benzene rings is 1. The molecule has 0 radical (unpaired) electrons. The lowest BCUT2D eigenvalue weighted by Crippen LogP contribution is -2.17. The minimum Gasteiger partial charge on any atom is -0.316 e. The van der Waals surface area contributed by atoms with Crippen LogP contribution in [0.5, 0.6) is 0 Å². The van der Waals surface area contributed by atoms with Gasteiger partial charge in [0.25, 0.3) is 0 Å². The summed E-state index contributed by atoms with van der Waals surface area (Å²) in [6, 6.07) is 10.5. The largest absolute Gasteiger partial charge is 0.316 e. The molecule has 1 aromatic heterocycles. The Balaban J connectivity index is 2.26. The highest BCUT2D eigenvalue weighted by Gasteiger charge is 2.21. The third-order valence-electron chi connectivity index (χ3n) is 3.34. The van der Waals surface area contributed by atoms with Gasteiger partial charge in [-0.2, -0.15) is 0 Å². The van der Waals surface area contributed by atoms with Crippen molar-refractivity contribution >= 4 is 11.3 Å². The average molecular weight is 302 g/mol. The monoisotopic (exact) mass is 302 g/mol. The summed E-state index contributed by atoms with van der Waals surface area (Å²) in [7, 11) is 0. The zero-order chi connectivity index (χ0) is 15.3. The van der Waals surface area contributed by atoms with Crippen LogP contribution in [0, 0.1) is 0 Å². The van der Waals surface area contributed by atoms with Gasteiger partial charge in [0.1, 0.15) is 0 Å². The second-order valence-electron chi connectivity index (χ2n) is 6.41. The van der Waals surface area contributed by atoms with E-state index < -0.39 is 0 Å². The molecular formula is C18H26N2S. The molecule has 114 valence electrons. The lowest BCUT2D eigenvalue weighted by molar-refractivity contribution is 0.586. The molecule has 0 atom stereocenters. The molecule has 1 N–H and O–H groups in total. The van der Waals surface area contributed by atoms with Crippen molar-refractivity contribution in [3.05, 3.63) is 40.2 Å². The number of hydrogen-bond donors (Lipinski definition) is 1. The lowest BCUT2D eigenvalue weighted by Gasteiger charge is -2.13. The lowest BCUT2D eigenvalue weighted by atomic mass is 9.98. The van der Waals surface area contributed by atoms with Crippen LogP contribution in [0.4, 0.5) is 0 Å². The maximum Gasteiger partial charge on any atom is 0.0988 e. The first-order valence-electron chi connectivity index (χ1n) is 7.78. The second-order valence-corrected chi connectivity index (χ2v) is 7.49. The number of aromatic nitrogens is 1. The smallest absolute Gasteiger partial charge is 0.0988 e. The standard InChI is InChI=1S/C18H26N2S/c1-5-12-19-13-11-15-16(14-9-7-6-8-10-14)20-17(21-15)18(2,3)4/h6-10,19H,5,11-13H2,1-4H3. The first-order valence-corrected chi connectivity index (χ1v) is 8.60. The summed E-state index contributed by atoms with van der Waals surface area (Å²) in [4.78, 5) is 6.34. The van der Waals surface area contributed by atoms with E-state index in [0.717, 1.165) is 19.5 Å². The summed E-state index contributed by atoms with van der Waals surface area (Å²) in [6.07, 6.45) is 2.24. The van der Waals surface area contributed by atoms with Crippen LogP contribution in [0.2, 0.25) is 0 Å². The first kappa shape index (κ1) is 16.2.